The molecule has 1 fully saturated rings. The van der Waals surface area contributed by atoms with E-state index in [1.807, 2.05) is 0 Å². The van der Waals surface area contributed by atoms with Gasteiger partial charge in [0.05, 0.1) is 6.10 Å². The molecule has 3 heteroatoms. The Hall–Kier alpha value is -0.120. The maximum atomic E-state index is 6.03. The quantitative estimate of drug-likeness (QED) is 0.669. The maximum Gasteiger partial charge on any atom is 0.0670 e. The minimum absolute atomic E-state index is 0.0907. The first-order valence-corrected chi connectivity index (χ1v) is 4.63. The van der Waals surface area contributed by atoms with E-state index in [4.69, 9.17) is 10.5 Å². The zero-order valence-corrected chi connectivity index (χ0v) is 8.34. The van der Waals surface area contributed by atoms with Gasteiger partial charge in [-0.1, -0.05) is 6.92 Å². The summed E-state index contributed by atoms with van der Waals surface area (Å²) in [6.07, 6.45) is 1.40. The molecule has 72 valence electrons. The van der Waals surface area contributed by atoms with Crippen LogP contribution >= 0.6 is 0 Å². The Labute approximate surface area is 74.9 Å². The first-order valence-electron chi connectivity index (χ1n) is 4.63. The molecule has 12 heavy (non-hydrogen) atoms. The summed E-state index contributed by atoms with van der Waals surface area (Å²) in [5.41, 5.74) is 6.12. The average Bonchev–Trinajstić information content (AvgIpc) is 2.01. The second-order valence-electron chi connectivity index (χ2n) is 3.93. The van der Waals surface area contributed by atoms with E-state index in [9.17, 15) is 0 Å². The van der Waals surface area contributed by atoms with Crippen molar-refractivity contribution in [3.63, 3.8) is 0 Å². The normalized spacial score (nSPS) is 25.0. The number of nitrogens with two attached hydrogens (primary N) is 1. The van der Waals surface area contributed by atoms with Gasteiger partial charge in [0, 0.05) is 32.3 Å². The van der Waals surface area contributed by atoms with Crippen molar-refractivity contribution < 1.29 is 4.74 Å². The van der Waals surface area contributed by atoms with Crippen LogP contribution in [-0.2, 0) is 4.74 Å². The van der Waals surface area contributed by atoms with Crippen LogP contribution in [0.25, 0.3) is 0 Å². The molecule has 0 saturated carbocycles. The Morgan fingerprint density at radius 2 is 2.17 bits per heavy atom. The molecule has 0 bridgehead atoms. The summed E-state index contributed by atoms with van der Waals surface area (Å²) in [6, 6.07) is 0. The Kier molecular flexibility index (Phi) is 3.09. The lowest BCUT2D eigenvalue weighted by atomic mass is 9.88. The van der Waals surface area contributed by atoms with Crippen LogP contribution in [0.5, 0.6) is 0 Å². The van der Waals surface area contributed by atoms with Gasteiger partial charge in [-0.2, -0.15) is 0 Å². The lowest BCUT2D eigenvalue weighted by Crippen LogP contribution is -2.67. The van der Waals surface area contributed by atoms with Gasteiger partial charge < -0.3 is 10.5 Å². The van der Waals surface area contributed by atoms with Crippen molar-refractivity contribution in [1.29, 1.82) is 0 Å². The Bertz CT molecular complexity index is 141. The van der Waals surface area contributed by atoms with Crippen LogP contribution < -0.4 is 5.73 Å². The topological polar surface area (TPSA) is 38.5 Å². The summed E-state index contributed by atoms with van der Waals surface area (Å²) in [7, 11) is 1.75. The molecule has 0 radical (unpaired) electrons. The molecule has 1 atom stereocenters. The molecule has 1 rings (SSSR count). The third-order valence-corrected chi connectivity index (χ3v) is 2.70. The molecule has 0 aromatic rings. The van der Waals surface area contributed by atoms with E-state index >= 15 is 0 Å². The molecule has 0 spiro atoms. The van der Waals surface area contributed by atoms with Crippen LogP contribution in [0.15, 0.2) is 0 Å². The molecular formula is C9H20N2O. The third kappa shape index (κ3) is 2.19. The van der Waals surface area contributed by atoms with Gasteiger partial charge >= 0.3 is 0 Å². The number of methoxy groups -OCH3 is 1. The van der Waals surface area contributed by atoms with E-state index in [0.717, 1.165) is 26.1 Å². The van der Waals surface area contributed by atoms with Crippen molar-refractivity contribution in [3.8, 4) is 0 Å². The first-order chi connectivity index (χ1) is 5.59. The SMILES string of the molecule is CCC1(N)CN(CC(C)OC)C1. The van der Waals surface area contributed by atoms with Gasteiger partial charge in [-0.05, 0) is 13.3 Å². The van der Waals surface area contributed by atoms with Crippen molar-refractivity contribution in [2.24, 2.45) is 5.73 Å². The van der Waals surface area contributed by atoms with E-state index in [2.05, 4.69) is 18.7 Å². The Balaban J connectivity index is 2.17. The second-order valence-corrected chi connectivity index (χ2v) is 3.93. The van der Waals surface area contributed by atoms with Gasteiger partial charge in [0.1, 0.15) is 0 Å². The second kappa shape index (κ2) is 3.73. The van der Waals surface area contributed by atoms with Crippen molar-refractivity contribution in [1.82, 2.24) is 4.90 Å². The fourth-order valence-corrected chi connectivity index (χ4v) is 1.64. The molecule has 1 unspecified atom stereocenters. The number of hydrogen-bond acceptors (Lipinski definition) is 3. The molecule has 1 heterocycles. The van der Waals surface area contributed by atoms with Crippen LogP contribution in [0, 0.1) is 0 Å². The van der Waals surface area contributed by atoms with Gasteiger partial charge in [0.15, 0.2) is 0 Å². The molecule has 2 N–H and O–H groups in total. The molecule has 0 aromatic carbocycles. The number of ether oxygens (including phenoxy) is 1. The summed E-state index contributed by atoms with van der Waals surface area (Å²) in [6.45, 7) is 7.30. The monoisotopic (exact) mass is 172 g/mol. The highest BCUT2D eigenvalue weighted by molar-refractivity contribution is 4.98. The Morgan fingerprint density at radius 1 is 1.58 bits per heavy atom. The lowest BCUT2D eigenvalue weighted by molar-refractivity contribution is 0.0103. The molecular weight excluding hydrogens is 152 g/mol. The highest BCUT2D eigenvalue weighted by Gasteiger charge is 2.37. The van der Waals surface area contributed by atoms with Gasteiger partial charge in [-0.25, -0.2) is 0 Å². The predicted octanol–water partition coefficient (Wildman–Crippen LogP) is 0.444. The van der Waals surface area contributed by atoms with Crippen molar-refractivity contribution >= 4 is 0 Å². The molecule has 1 aliphatic heterocycles. The number of hydrogen-bond donors (Lipinski definition) is 1. The fraction of sp³-hybridized carbons (Fsp3) is 1.00. The Morgan fingerprint density at radius 3 is 2.58 bits per heavy atom. The highest BCUT2D eigenvalue weighted by Crippen LogP contribution is 2.21. The van der Waals surface area contributed by atoms with Crippen LogP contribution in [0.2, 0.25) is 0 Å². The number of nitrogens with zero attached hydrogens (tertiary/aromatic N) is 1. The number of likely N-dealkylation sites (tertiary alicyclic amines) is 1. The van der Waals surface area contributed by atoms with Crippen LogP contribution in [0.3, 0.4) is 0 Å². The minimum Gasteiger partial charge on any atom is -0.380 e. The average molecular weight is 172 g/mol. The largest absolute Gasteiger partial charge is 0.380 e. The smallest absolute Gasteiger partial charge is 0.0670 e. The summed E-state index contributed by atoms with van der Waals surface area (Å²) in [5, 5.41) is 0. The van der Waals surface area contributed by atoms with Crippen molar-refractivity contribution in [2.75, 3.05) is 26.7 Å². The van der Waals surface area contributed by atoms with Crippen molar-refractivity contribution in [2.45, 2.75) is 31.9 Å². The van der Waals surface area contributed by atoms with Gasteiger partial charge in [0.25, 0.3) is 0 Å². The van der Waals surface area contributed by atoms with E-state index < -0.39 is 0 Å². The summed E-state index contributed by atoms with van der Waals surface area (Å²) >= 11 is 0. The predicted molar refractivity (Wildman–Crippen MR) is 50.1 cm³/mol. The molecule has 3 nitrogen and oxygen atoms in total. The maximum absolute atomic E-state index is 6.03. The summed E-state index contributed by atoms with van der Waals surface area (Å²) in [4.78, 5) is 2.34. The van der Waals surface area contributed by atoms with E-state index in [-0.39, 0.29) is 5.54 Å². The van der Waals surface area contributed by atoms with E-state index in [0.29, 0.717) is 6.10 Å². The molecule has 0 amide bonds. The highest BCUT2D eigenvalue weighted by atomic mass is 16.5. The van der Waals surface area contributed by atoms with Crippen LogP contribution in [-0.4, -0.2) is 43.3 Å². The van der Waals surface area contributed by atoms with Gasteiger partial charge in [-0.3, -0.25) is 4.90 Å². The fourth-order valence-electron chi connectivity index (χ4n) is 1.64. The molecule has 1 aliphatic rings. The summed E-state index contributed by atoms with van der Waals surface area (Å²) in [5.74, 6) is 0. The molecule has 0 aliphatic carbocycles. The standard InChI is InChI=1S/C9H20N2O/c1-4-9(10)6-11(7-9)5-8(2)12-3/h8H,4-7,10H2,1-3H3. The first kappa shape index (κ1) is 9.96. The number of rotatable bonds is 4. The van der Waals surface area contributed by atoms with Gasteiger partial charge in [-0.15, -0.1) is 0 Å². The van der Waals surface area contributed by atoms with E-state index in [1.54, 1.807) is 7.11 Å². The zero-order chi connectivity index (χ0) is 9.19. The lowest BCUT2D eigenvalue weighted by Gasteiger charge is -2.48. The zero-order valence-electron chi connectivity index (χ0n) is 8.34. The molecule has 1 saturated heterocycles. The van der Waals surface area contributed by atoms with Gasteiger partial charge in [0.2, 0.25) is 0 Å². The van der Waals surface area contributed by atoms with Crippen LogP contribution in [0.1, 0.15) is 20.3 Å². The van der Waals surface area contributed by atoms with Crippen LogP contribution in [0.4, 0.5) is 0 Å². The minimum atomic E-state index is 0.0907. The molecule has 0 aromatic heterocycles. The summed E-state index contributed by atoms with van der Waals surface area (Å²) < 4.78 is 5.18. The van der Waals surface area contributed by atoms with E-state index in [1.165, 1.54) is 0 Å². The van der Waals surface area contributed by atoms with Crippen molar-refractivity contribution in [3.05, 3.63) is 0 Å². The third-order valence-electron chi connectivity index (χ3n) is 2.70.